The smallest absolute Gasteiger partial charge is 0.239 e. The third kappa shape index (κ3) is 5.32. The molecule has 1 aliphatic rings. The molecule has 5 aromatic rings. The summed E-state index contributed by atoms with van der Waals surface area (Å²) in [5, 5.41) is 18.9. The van der Waals surface area contributed by atoms with Crippen LogP contribution in [0.3, 0.4) is 0 Å². The van der Waals surface area contributed by atoms with Gasteiger partial charge in [0.2, 0.25) is 5.91 Å². The highest BCUT2D eigenvalue weighted by Gasteiger charge is 2.30. The van der Waals surface area contributed by atoms with E-state index in [1.807, 2.05) is 83.7 Å². The summed E-state index contributed by atoms with van der Waals surface area (Å²) in [6.45, 7) is 0. The maximum Gasteiger partial charge on any atom is 0.239 e. The van der Waals surface area contributed by atoms with E-state index < -0.39 is 0 Å². The minimum atomic E-state index is -0.263. The van der Waals surface area contributed by atoms with E-state index >= 15 is 0 Å². The SMILES string of the molecule is COc1ccc(-c2nn(-c3ccccc3)cc2C=NN=C2NC(=O)C(Cc3cccc4ccccc34)S2)cc1. The predicted octanol–water partition coefficient (Wildman–Crippen LogP) is 5.87. The summed E-state index contributed by atoms with van der Waals surface area (Å²) < 4.78 is 7.12. The molecule has 1 N–H and O–H groups in total. The number of para-hydroxylation sites is 1. The Bertz CT molecular complexity index is 1690. The van der Waals surface area contributed by atoms with Crippen molar-refractivity contribution in [3.63, 3.8) is 0 Å². The van der Waals surface area contributed by atoms with Crippen molar-refractivity contribution in [2.45, 2.75) is 11.7 Å². The molecule has 8 heteroatoms. The minimum absolute atomic E-state index is 0.0577. The Hall–Kier alpha value is -4.69. The number of fused-ring (bicyclic) bond motifs is 1. The van der Waals surface area contributed by atoms with Crippen LogP contribution in [0.1, 0.15) is 11.1 Å². The molecule has 4 aromatic carbocycles. The van der Waals surface area contributed by atoms with Crippen molar-refractivity contribution in [3.8, 4) is 22.7 Å². The number of thioether (sulfide) groups is 1. The minimum Gasteiger partial charge on any atom is -0.497 e. The van der Waals surface area contributed by atoms with Gasteiger partial charge in [-0.05, 0) is 59.2 Å². The van der Waals surface area contributed by atoms with E-state index in [4.69, 9.17) is 9.84 Å². The fourth-order valence-corrected chi connectivity index (χ4v) is 5.52. The second-order valence-electron chi connectivity index (χ2n) is 9.03. The molecule has 1 aromatic heterocycles. The Morgan fingerprint density at radius 1 is 0.974 bits per heavy atom. The van der Waals surface area contributed by atoms with E-state index in [9.17, 15) is 4.79 Å². The van der Waals surface area contributed by atoms with Gasteiger partial charge in [0.1, 0.15) is 11.4 Å². The third-order valence-electron chi connectivity index (χ3n) is 6.53. The van der Waals surface area contributed by atoms with Crippen LogP contribution in [0, 0.1) is 0 Å². The van der Waals surface area contributed by atoms with Gasteiger partial charge in [-0.15, -0.1) is 5.10 Å². The molecule has 1 saturated heterocycles. The van der Waals surface area contributed by atoms with Crippen LogP contribution in [0.4, 0.5) is 0 Å². The molecule has 39 heavy (non-hydrogen) atoms. The van der Waals surface area contributed by atoms with Gasteiger partial charge in [-0.25, -0.2) is 4.68 Å². The van der Waals surface area contributed by atoms with Gasteiger partial charge in [0, 0.05) is 17.3 Å². The number of methoxy groups -OCH3 is 1. The molecule has 192 valence electrons. The maximum absolute atomic E-state index is 12.7. The Morgan fingerprint density at radius 2 is 1.74 bits per heavy atom. The lowest BCUT2D eigenvalue weighted by Crippen LogP contribution is -2.26. The number of amides is 1. The van der Waals surface area contributed by atoms with Crippen molar-refractivity contribution < 1.29 is 9.53 Å². The molecule has 7 nitrogen and oxygen atoms in total. The number of amidine groups is 1. The van der Waals surface area contributed by atoms with Gasteiger partial charge in [0.15, 0.2) is 5.17 Å². The van der Waals surface area contributed by atoms with Crippen molar-refractivity contribution in [2.75, 3.05) is 7.11 Å². The van der Waals surface area contributed by atoms with Crippen LogP contribution in [0.5, 0.6) is 5.75 Å². The van der Waals surface area contributed by atoms with Gasteiger partial charge in [-0.2, -0.15) is 10.2 Å². The van der Waals surface area contributed by atoms with Crippen molar-refractivity contribution in [3.05, 3.63) is 114 Å². The van der Waals surface area contributed by atoms with Crippen LogP contribution in [0.15, 0.2) is 113 Å². The Morgan fingerprint density at radius 3 is 2.56 bits per heavy atom. The van der Waals surface area contributed by atoms with Crippen LogP contribution < -0.4 is 10.1 Å². The molecule has 0 spiro atoms. The first-order valence-corrected chi connectivity index (χ1v) is 13.4. The lowest BCUT2D eigenvalue weighted by molar-refractivity contribution is -0.118. The van der Waals surface area contributed by atoms with E-state index in [0.29, 0.717) is 11.6 Å². The summed E-state index contributed by atoms with van der Waals surface area (Å²) in [7, 11) is 1.64. The number of ether oxygens (including phenoxy) is 1. The summed E-state index contributed by atoms with van der Waals surface area (Å²) in [5.74, 6) is 0.715. The van der Waals surface area contributed by atoms with Crippen molar-refractivity contribution in [2.24, 2.45) is 10.2 Å². The number of carbonyl (C=O) groups excluding carboxylic acids is 1. The van der Waals surface area contributed by atoms with Crippen molar-refractivity contribution in [1.29, 1.82) is 0 Å². The molecule has 0 saturated carbocycles. The van der Waals surface area contributed by atoms with Gasteiger partial charge in [0.05, 0.1) is 24.3 Å². The number of carbonyl (C=O) groups is 1. The van der Waals surface area contributed by atoms with E-state index in [2.05, 4.69) is 39.8 Å². The van der Waals surface area contributed by atoms with Crippen molar-refractivity contribution >= 4 is 39.8 Å². The average Bonchev–Trinajstić information content (AvgIpc) is 3.57. The summed E-state index contributed by atoms with van der Waals surface area (Å²) in [5.41, 5.74) is 4.58. The molecule has 2 heterocycles. The van der Waals surface area contributed by atoms with E-state index in [1.54, 1.807) is 13.3 Å². The van der Waals surface area contributed by atoms with Crippen LogP contribution in [0.25, 0.3) is 27.7 Å². The Labute approximate surface area is 230 Å². The number of nitrogens with zero attached hydrogens (tertiary/aromatic N) is 4. The van der Waals surface area contributed by atoms with Gasteiger partial charge in [-0.1, -0.05) is 72.4 Å². The number of rotatable bonds is 7. The van der Waals surface area contributed by atoms with Gasteiger partial charge >= 0.3 is 0 Å². The number of benzene rings is 4. The number of hydrogen-bond acceptors (Lipinski definition) is 6. The maximum atomic E-state index is 12.7. The fraction of sp³-hybridized carbons (Fsp3) is 0.0968. The Balaban J connectivity index is 1.24. The second kappa shape index (κ2) is 11.0. The first-order chi connectivity index (χ1) is 19.2. The van der Waals surface area contributed by atoms with Crippen LogP contribution >= 0.6 is 11.8 Å². The quantitative estimate of drug-likeness (QED) is 0.211. The summed E-state index contributed by atoms with van der Waals surface area (Å²) >= 11 is 1.40. The second-order valence-corrected chi connectivity index (χ2v) is 10.2. The molecule has 6 rings (SSSR count). The molecule has 1 unspecified atom stereocenters. The monoisotopic (exact) mass is 531 g/mol. The third-order valence-corrected chi connectivity index (χ3v) is 7.61. The molecule has 1 fully saturated rings. The largest absolute Gasteiger partial charge is 0.497 e. The fourth-order valence-electron chi connectivity index (χ4n) is 4.57. The van der Waals surface area contributed by atoms with Crippen LogP contribution in [-0.4, -0.2) is 39.4 Å². The molecule has 1 atom stereocenters. The van der Waals surface area contributed by atoms with Gasteiger partial charge in [-0.3, -0.25) is 4.79 Å². The molecule has 0 aliphatic carbocycles. The zero-order valence-corrected chi connectivity index (χ0v) is 22.0. The first kappa shape index (κ1) is 24.6. The van der Waals surface area contributed by atoms with E-state index in [0.717, 1.165) is 33.8 Å². The zero-order valence-electron chi connectivity index (χ0n) is 21.2. The van der Waals surface area contributed by atoms with Crippen molar-refractivity contribution in [1.82, 2.24) is 15.1 Å². The predicted molar refractivity (Wildman–Crippen MR) is 158 cm³/mol. The molecule has 1 aliphatic heterocycles. The van der Waals surface area contributed by atoms with Crippen LogP contribution in [-0.2, 0) is 11.2 Å². The number of aromatic nitrogens is 2. The molecule has 1 amide bonds. The average molecular weight is 532 g/mol. The molecular weight excluding hydrogens is 506 g/mol. The zero-order chi connectivity index (χ0) is 26.6. The normalized spacial score (nSPS) is 16.3. The molecular formula is C31H25N5O2S. The van der Waals surface area contributed by atoms with E-state index in [1.165, 1.54) is 22.5 Å². The molecule has 0 bridgehead atoms. The molecule has 0 radical (unpaired) electrons. The van der Waals surface area contributed by atoms with Gasteiger partial charge < -0.3 is 10.1 Å². The lowest BCUT2D eigenvalue weighted by Gasteiger charge is -2.09. The first-order valence-electron chi connectivity index (χ1n) is 12.5. The Kier molecular flexibility index (Phi) is 6.93. The summed E-state index contributed by atoms with van der Waals surface area (Å²) in [6.07, 6.45) is 4.21. The summed E-state index contributed by atoms with van der Waals surface area (Å²) in [4.78, 5) is 12.7. The number of nitrogens with one attached hydrogen (secondary N) is 1. The topological polar surface area (TPSA) is 80.9 Å². The summed E-state index contributed by atoms with van der Waals surface area (Å²) in [6, 6.07) is 32.0. The van der Waals surface area contributed by atoms with E-state index in [-0.39, 0.29) is 11.2 Å². The standard InChI is InChI=1S/C31H25N5O2S/c1-38-26-16-14-22(15-17-26)29-24(20-36(35-29)25-11-3-2-4-12-25)19-32-34-31-33-30(37)28(39-31)18-23-10-7-9-21-8-5-6-13-27(21)23/h2-17,19-20,28H,18H2,1H3,(H,33,34,37). The highest BCUT2D eigenvalue weighted by atomic mass is 32.2. The van der Waals surface area contributed by atoms with Gasteiger partial charge in [0.25, 0.3) is 0 Å². The highest BCUT2D eigenvalue weighted by molar-refractivity contribution is 8.15. The van der Waals surface area contributed by atoms with Crippen LogP contribution in [0.2, 0.25) is 0 Å². The lowest BCUT2D eigenvalue weighted by atomic mass is 10.0. The number of hydrogen-bond donors (Lipinski definition) is 1. The highest BCUT2D eigenvalue weighted by Crippen LogP contribution is 2.28.